The zero-order valence-corrected chi connectivity index (χ0v) is 12.8. The minimum Gasteiger partial charge on any atom is -0.373 e. The van der Waals surface area contributed by atoms with Gasteiger partial charge < -0.3 is 4.74 Å². The Morgan fingerprint density at radius 2 is 1.82 bits per heavy atom. The Bertz CT molecular complexity index is 329. The van der Waals surface area contributed by atoms with Crippen LogP contribution in [0.3, 0.4) is 0 Å². The number of rotatable bonds is 5. The molecule has 17 heavy (non-hydrogen) atoms. The third kappa shape index (κ3) is 5.82. The largest absolute Gasteiger partial charge is 0.373 e. The van der Waals surface area contributed by atoms with Gasteiger partial charge in [0.1, 0.15) is 5.82 Å². The van der Waals surface area contributed by atoms with Crippen molar-refractivity contribution in [2.75, 3.05) is 11.0 Å². The predicted molar refractivity (Wildman–Crippen MR) is 78.1 cm³/mol. The molecule has 1 nitrogen and oxygen atoms in total. The smallest absolute Gasteiger partial charge is 0.123 e. The Balaban J connectivity index is 2.51. The maximum absolute atomic E-state index is 12.8. The molecule has 0 heterocycles. The molecule has 1 aromatic rings. The number of ether oxygens (including phenoxy) is 1. The quantitative estimate of drug-likeness (QED) is 0.550. The molecule has 0 aliphatic heterocycles. The summed E-state index contributed by atoms with van der Waals surface area (Å²) in [4.78, 5) is 0. The highest BCUT2D eigenvalue weighted by Crippen LogP contribution is 2.24. The van der Waals surface area contributed by atoms with Crippen molar-refractivity contribution in [1.29, 1.82) is 0 Å². The van der Waals surface area contributed by atoms with Crippen LogP contribution in [-0.4, -0.2) is 11.0 Å². The van der Waals surface area contributed by atoms with Gasteiger partial charge in [-0.15, -0.1) is 0 Å². The molecule has 0 aliphatic carbocycles. The van der Waals surface area contributed by atoms with Crippen LogP contribution in [0, 0.1) is 11.2 Å². The van der Waals surface area contributed by atoms with Crippen LogP contribution < -0.4 is 0 Å². The normalized spacial score (nSPS) is 13.7. The Labute approximate surface area is 117 Å². The fraction of sp³-hybridized carbons (Fsp3) is 0.571. The van der Waals surface area contributed by atoms with E-state index in [-0.39, 0.29) is 11.9 Å². The van der Waals surface area contributed by atoms with E-state index in [2.05, 4.69) is 43.4 Å². The van der Waals surface area contributed by atoms with E-state index in [1.54, 1.807) is 12.1 Å². The molecule has 0 fully saturated rings. The van der Waals surface area contributed by atoms with E-state index < -0.39 is 0 Å². The fourth-order valence-electron chi connectivity index (χ4n) is 1.41. The van der Waals surface area contributed by atoms with Crippen molar-refractivity contribution < 1.29 is 9.13 Å². The molecule has 0 amide bonds. The summed E-state index contributed by atoms with van der Waals surface area (Å²) in [6.07, 6.45) is 1.10. The molecule has 1 atom stereocenters. The van der Waals surface area contributed by atoms with Crippen molar-refractivity contribution in [3.8, 4) is 0 Å². The number of hydrogen-bond donors (Lipinski definition) is 0. The molecule has 0 aromatic heterocycles. The third-order valence-electron chi connectivity index (χ3n) is 2.55. The second-order valence-corrected chi connectivity index (χ2v) is 6.26. The van der Waals surface area contributed by atoms with E-state index >= 15 is 0 Å². The first-order chi connectivity index (χ1) is 7.92. The molecule has 1 aromatic carbocycles. The maximum atomic E-state index is 12.8. The summed E-state index contributed by atoms with van der Waals surface area (Å²) < 4.78 is 19.6. The van der Waals surface area contributed by atoms with E-state index in [0.29, 0.717) is 5.41 Å². The molecule has 0 aliphatic rings. The zero-order valence-electron chi connectivity index (χ0n) is 10.7. The van der Waals surface area contributed by atoms with Gasteiger partial charge in [0.25, 0.3) is 0 Å². The van der Waals surface area contributed by atoms with Crippen molar-refractivity contribution in [2.45, 2.75) is 33.3 Å². The lowest BCUT2D eigenvalue weighted by molar-refractivity contribution is 0.0531. The molecule has 0 radical (unpaired) electrons. The number of alkyl halides is 1. The second kappa shape index (κ2) is 6.69. The van der Waals surface area contributed by atoms with Crippen LogP contribution in [0.1, 0.15) is 38.9 Å². The third-order valence-corrected chi connectivity index (χ3v) is 3.35. The first-order valence-corrected chi connectivity index (χ1v) is 7.38. The monoisotopic (exact) mass is 350 g/mol. The lowest BCUT2D eigenvalue weighted by Gasteiger charge is -2.21. The SMILES string of the molecule is CC(C)(C)CCOC(CI)c1ccc(F)cc1. The minimum absolute atomic E-state index is 0.0681. The van der Waals surface area contributed by atoms with Crippen LogP contribution in [-0.2, 0) is 4.74 Å². The van der Waals surface area contributed by atoms with Crippen LogP contribution in [0.15, 0.2) is 24.3 Å². The topological polar surface area (TPSA) is 9.23 Å². The van der Waals surface area contributed by atoms with Gasteiger partial charge in [0.15, 0.2) is 0 Å². The van der Waals surface area contributed by atoms with Gasteiger partial charge in [0.05, 0.1) is 6.10 Å². The van der Waals surface area contributed by atoms with E-state index in [0.717, 1.165) is 23.0 Å². The van der Waals surface area contributed by atoms with Gasteiger partial charge in [-0.05, 0) is 29.5 Å². The molecule has 96 valence electrons. The standard InChI is InChI=1S/C14H20FIO/c1-14(2,3)8-9-17-13(10-16)11-4-6-12(15)7-5-11/h4-7,13H,8-10H2,1-3H3. The molecule has 0 saturated heterocycles. The summed E-state index contributed by atoms with van der Waals surface area (Å²) >= 11 is 2.30. The fourth-order valence-corrected chi connectivity index (χ4v) is 2.18. The summed E-state index contributed by atoms with van der Waals surface area (Å²) in [7, 11) is 0. The van der Waals surface area contributed by atoms with Crippen molar-refractivity contribution >= 4 is 22.6 Å². The molecule has 1 rings (SSSR count). The lowest BCUT2D eigenvalue weighted by Crippen LogP contribution is -2.13. The second-order valence-electron chi connectivity index (χ2n) is 5.38. The maximum Gasteiger partial charge on any atom is 0.123 e. The zero-order chi connectivity index (χ0) is 12.9. The van der Waals surface area contributed by atoms with E-state index in [1.165, 1.54) is 12.1 Å². The molecule has 0 spiro atoms. The van der Waals surface area contributed by atoms with Crippen LogP contribution in [0.5, 0.6) is 0 Å². The average Bonchev–Trinajstić information content (AvgIpc) is 2.24. The first kappa shape index (κ1) is 14.9. The van der Waals surface area contributed by atoms with Gasteiger partial charge in [-0.3, -0.25) is 0 Å². The number of halogens is 2. The molecule has 0 saturated carbocycles. The van der Waals surface area contributed by atoms with E-state index in [1.807, 2.05) is 0 Å². The highest BCUT2D eigenvalue weighted by Gasteiger charge is 2.14. The van der Waals surface area contributed by atoms with Gasteiger partial charge in [-0.25, -0.2) is 4.39 Å². The highest BCUT2D eigenvalue weighted by atomic mass is 127. The Morgan fingerprint density at radius 3 is 2.29 bits per heavy atom. The molecule has 0 N–H and O–H groups in total. The van der Waals surface area contributed by atoms with E-state index in [4.69, 9.17) is 4.74 Å². The molecular formula is C14H20FIO. The lowest BCUT2D eigenvalue weighted by atomic mass is 9.93. The van der Waals surface area contributed by atoms with Crippen LogP contribution >= 0.6 is 22.6 Å². The van der Waals surface area contributed by atoms with Crippen LogP contribution in [0.4, 0.5) is 4.39 Å². The van der Waals surface area contributed by atoms with Gasteiger partial charge in [0.2, 0.25) is 0 Å². The number of benzene rings is 1. The van der Waals surface area contributed by atoms with Crippen molar-refractivity contribution in [3.63, 3.8) is 0 Å². The van der Waals surface area contributed by atoms with Gasteiger partial charge in [-0.1, -0.05) is 55.5 Å². The summed E-state index contributed by atoms with van der Waals surface area (Å²) in [5, 5.41) is 0. The molecular weight excluding hydrogens is 330 g/mol. The predicted octanol–water partition coefficient (Wildman–Crippen LogP) is 4.75. The molecule has 1 unspecified atom stereocenters. The van der Waals surface area contributed by atoms with Crippen LogP contribution in [0.25, 0.3) is 0 Å². The summed E-state index contributed by atoms with van der Waals surface area (Å²) in [6, 6.07) is 6.58. The van der Waals surface area contributed by atoms with Crippen molar-refractivity contribution in [3.05, 3.63) is 35.6 Å². The molecule has 3 heteroatoms. The first-order valence-electron chi connectivity index (χ1n) is 5.85. The number of hydrogen-bond acceptors (Lipinski definition) is 1. The van der Waals surface area contributed by atoms with E-state index in [9.17, 15) is 4.39 Å². The van der Waals surface area contributed by atoms with Gasteiger partial charge in [0, 0.05) is 11.0 Å². The minimum atomic E-state index is -0.198. The summed E-state index contributed by atoms with van der Waals surface area (Å²) in [5.74, 6) is -0.198. The summed E-state index contributed by atoms with van der Waals surface area (Å²) in [6.45, 7) is 7.35. The Kier molecular flexibility index (Phi) is 5.86. The van der Waals surface area contributed by atoms with Gasteiger partial charge >= 0.3 is 0 Å². The average molecular weight is 350 g/mol. The van der Waals surface area contributed by atoms with Crippen LogP contribution in [0.2, 0.25) is 0 Å². The van der Waals surface area contributed by atoms with Gasteiger partial charge in [-0.2, -0.15) is 0 Å². The summed E-state index contributed by atoms with van der Waals surface area (Å²) in [5.41, 5.74) is 1.34. The Hall–Kier alpha value is -0.160. The Morgan fingerprint density at radius 1 is 1.24 bits per heavy atom. The highest BCUT2D eigenvalue weighted by molar-refractivity contribution is 14.1. The van der Waals surface area contributed by atoms with Crippen molar-refractivity contribution in [1.82, 2.24) is 0 Å². The van der Waals surface area contributed by atoms with Crippen molar-refractivity contribution in [2.24, 2.45) is 5.41 Å². The molecule has 0 bridgehead atoms.